The van der Waals surface area contributed by atoms with Crippen molar-refractivity contribution in [1.82, 2.24) is 15.0 Å². The first-order valence-electron chi connectivity index (χ1n) is 5.76. The van der Waals surface area contributed by atoms with E-state index in [1.807, 2.05) is 23.9 Å². The van der Waals surface area contributed by atoms with Crippen molar-refractivity contribution in [2.45, 2.75) is 13.3 Å². The molecule has 0 aliphatic rings. The van der Waals surface area contributed by atoms with Gasteiger partial charge in [0, 0.05) is 11.3 Å². The highest BCUT2D eigenvalue weighted by molar-refractivity contribution is 7.16. The Kier molecular flexibility index (Phi) is 3.31. The normalized spacial score (nSPS) is 11.0. The molecule has 3 aromatic heterocycles. The number of ether oxygens (including phenoxy) is 1. The first kappa shape index (κ1) is 12.3. The molecule has 0 aliphatic heterocycles. The van der Waals surface area contributed by atoms with Crippen LogP contribution in [0.15, 0.2) is 17.0 Å². The minimum Gasteiger partial charge on any atom is -0.477 e. The zero-order valence-electron chi connectivity index (χ0n) is 10.3. The maximum Gasteiger partial charge on any atom is 0.227 e. The Morgan fingerprint density at radius 3 is 3.00 bits per heavy atom. The molecule has 0 spiro atoms. The van der Waals surface area contributed by atoms with Gasteiger partial charge in [-0.25, -0.2) is 9.97 Å². The van der Waals surface area contributed by atoms with Crippen LogP contribution in [0.5, 0.6) is 5.88 Å². The number of hydrogen-bond donors (Lipinski definition) is 1. The Morgan fingerprint density at radius 1 is 1.32 bits per heavy atom. The highest BCUT2D eigenvalue weighted by atomic mass is 32.1. The van der Waals surface area contributed by atoms with Gasteiger partial charge in [0.2, 0.25) is 11.8 Å². The molecule has 0 amide bonds. The molecule has 3 heterocycles. The van der Waals surface area contributed by atoms with E-state index >= 15 is 0 Å². The van der Waals surface area contributed by atoms with Crippen molar-refractivity contribution in [2.24, 2.45) is 0 Å². The largest absolute Gasteiger partial charge is 0.477 e. The fourth-order valence-electron chi connectivity index (χ4n) is 1.76. The monoisotopic (exact) mass is 292 g/mol. The van der Waals surface area contributed by atoms with Crippen LogP contribution < -0.4 is 10.5 Å². The third-order valence-corrected chi connectivity index (χ3v) is 4.52. The SMILES string of the molecule is Cc1ncsc1CCOc1nc(N)nc2sccc12. The molecule has 0 aromatic carbocycles. The molecule has 0 bridgehead atoms. The fourth-order valence-corrected chi connectivity index (χ4v) is 3.28. The summed E-state index contributed by atoms with van der Waals surface area (Å²) in [7, 11) is 0. The van der Waals surface area contributed by atoms with Crippen LogP contribution in [0.1, 0.15) is 10.6 Å². The highest BCUT2D eigenvalue weighted by Gasteiger charge is 2.09. The van der Waals surface area contributed by atoms with Gasteiger partial charge in [0.05, 0.1) is 23.2 Å². The quantitative estimate of drug-likeness (QED) is 0.800. The van der Waals surface area contributed by atoms with Gasteiger partial charge in [-0.15, -0.1) is 22.7 Å². The lowest BCUT2D eigenvalue weighted by Crippen LogP contribution is -2.05. The Hall–Kier alpha value is -1.73. The van der Waals surface area contributed by atoms with Gasteiger partial charge in [0.1, 0.15) is 4.83 Å². The third-order valence-electron chi connectivity index (χ3n) is 2.72. The lowest BCUT2D eigenvalue weighted by molar-refractivity contribution is 0.314. The number of thiophene rings is 1. The average Bonchev–Trinajstić information content (AvgIpc) is 2.98. The molecule has 0 fully saturated rings. The van der Waals surface area contributed by atoms with E-state index in [0.29, 0.717) is 12.5 Å². The fraction of sp³-hybridized carbons (Fsp3) is 0.250. The van der Waals surface area contributed by atoms with E-state index in [9.17, 15) is 0 Å². The minimum atomic E-state index is 0.249. The van der Waals surface area contributed by atoms with Crippen molar-refractivity contribution >= 4 is 38.8 Å². The van der Waals surface area contributed by atoms with Gasteiger partial charge in [-0.1, -0.05) is 0 Å². The molecule has 0 unspecified atom stereocenters. The van der Waals surface area contributed by atoms with Crippen molar-refractivity contribution in [3.05, 3.63) is 27.5 Å². The second-order valence-electron chi connectivity index (χ2n) is 3.99. The van der Waals surface area contributed by atoms with Gasteiger partial charge in [0.25, 0.3) is 0 Å². The first-order chi connectivity index (χ1) is 9.24. The summed E-state index contributed by atoms with van der Waals surface area (Å²) in [6.07, 6.45) is 0.825. The highest BCUT2D eigenvalue weighted by Crippen LogP contribution is 2.27. The molecule has 98 valence electrons. The van der Waals surface area contributed by atoms with Crippen molar-refractivity contribution in [3.63, 3.8) is 0 Å². The van der Waals surface area contributed by atoms with Gasteiger partial charge in [-0.3, -0.25) is 0 Å². The van der Waals surface area contributed by atoms with Gasteiger partial charge >= 0.3 is 0 Å². The number of hydrogen-bond acceptors (Lipinski definition) is 7. The maximum absolute atomic E-state index is 5.74. The number of nitrogen functional groups attached to an aromatic ring is 1. The Morgan fingerprint density at radius 2 is 2.21 bits per heavy atom. The molecule has 2 N–H and O–H groups in total. The van der Waals surface area contributed by atoms with E-state index in [1.165, 1.54) is 16.2 Å². The van der Waals surface area contributed by atoms with Gasteiger partial charge in [-0.2, -0.15) is 4.98 Å². The van der Waals surface area contributed by atoms with Crippen molar-refractivity contribution in [3.8, 4) is 5.88 Å². The van der Waals surface area contributed by atoms with Crippen LogP contribution in [-0.4, -0.2) is 21.6 Å². The zero-order chi connectivity index (χ0) is 13.2. The van der Waals surface area contributed by atoms with E-state index in [-0.39, 0.29) is 5.95 Å². The van der Waals surface area contributed by atoms with Crippen molar-refractivity contribution < 1.29 is 4.74 Å². The molecule has 3 rings (SSSR count). The number of nitrogens with zero attached hydrogens (tertiary/aromatic N) is 3. The van der Waals surface area contributed by atoms with E-state index in [4.69, 9.17) is 10.5 Å². The summed E-state index contributed by atoms with van der Waals surface area (Å²) in [5.74, 6) is 0.810. The number of rotatable bonds is 4. The zero-order valence-corrected chi connectivity index (χ0v) is 11.9. The summed E-state index contributed by atoms with van der Waals surface area (Å²) in [6, 6.07) is 1.95. The average molecular weight is 292 g/mol. The molecule has 0 atom stereocenters. The predicted molar refractivity (Wildman–Crippen MR) is 77.9 cm³/mol. The maximum atomic E-state index is 5.74. The topological polar surface area (TPSA) is 73.9 Å². The van der Waals surface area contributed by atoms with Gasteiger partial charge in [-0.05, 0) is 18.4 Å². The molecule has 0 aliphatic carbocycles. The standard InChI is InChI=1S/C12H12N4OS2/c1-7-9(19-6-14-7)2-4-17-10-8-3-5-18-11(8)16-12(13)15-10/h3,5-6H,2,4H2,1H3,(H2,13,15,16). The molecule has 0 saturated heterocycles. The molecule has 5 nitrogen and oxygen atoms in total. The molecular weight excluding hydrogens is 280 g/mol. The van der Waals surface area contributed by atoms with Crippen LogP contribution in [0.4, 0.5) is 5.95 Å². The molecule has 7 heteroatoms. The number of anilines is 1. The third kappa shape index (κ3) is 2.52. The number of aromatic nitrogens is 3. The summed E-state index contributed by atoms with van der Waals surface area (Å²) in [5.41, 5.74) is 8.59. The summed E-state index contributed by atoms with van der Waals surface area (Å²) < 4.78 is 5.74. The summed E-state index contributed by atoms with van der Waals surface area (Å²) in [4.78, 5) is 14.6. The molecule has 0 saturated carbocycles. The second kappa shape index (κ2) is 5.10. The van der Waals surface area contributed by atoms with E-state index in [1.54, 1.807) is 11.3 Å². The van der Waals surface area contributed by atoms with Crippen molar-refractivity contribution in [2.75, 3.05) is 12.3 Å². The van der Waals surface area contributed by atoms with Crippen LogP contribution >= 0.6 is 22.7 Å². The Labute approximate surface area is 118 Å². The lowest BCUT2D eigenvalue weighted by atomic mass is 10.3. The number of thiazole rings is 1. The Bertz CT molecular complexity index is 707. The van der Waals surface area contributed by atoms with Crippen LogP contribution in [0.3, 0.4) is 0 Å². The van der Waals surface area contributed by atoms with Crippen LogP contribution in [0.25, 0.3) is 10.2 Å². The summed E-state index contributed by atoms with van der Waals surface area (Å²) in [5, 5.41) is 2.87. The second-order valence-corrected chi connectivity index (χ2v) is 5.82. The predicted octanol–water partition coefficient (Wildman–Crippen LogP) is 2.66. The first-order valence-corrected chi connectivity index (χ1v) is 7.52. The lowest BCUT2D eigenvalue weighted by Gasteiger charge is -2.06. The molecular formula is C12H12N4OS2. The molecule has 3 aromatic rings. The van der Waals surface area contributed by atoms with Crippen LogP contribution in [0, 0.1) is 6.92 Å². The van der Waals surface area contributed by atoms with Gasteiger partial charge in [0.15, 0.2) is 0 Å². The number of aryl methyl sites for hydroxylation is 1. The smallest absolute Gasteiger partial charge is 0.227 e. The summed E-state index contributed by atoms with van der Waals surface area (Å²) in [6.45, 7) is 2.57. The van der Waals surface area contributed by atoms with E-state index < -0.39 is 0 Å². The van der Waals surface area contributed by atoms with Crippen LogP contribution in [-0.2, 0) is 6.42 Å². The number of fused-ring (bicyclic) bond motifs is 1. The van der Waals surface area contributed by atoms with E-state index in [2.05, 4.69) is 15.0 Å². The summed E-state index contributed by atoms with van der Waals surface area (Å²) >= 11 is 3.18. The van der Waals surface area contributed by atoms with E-state index in [0.717, 1.165) is 22.3 Å². The number of nitrogens with two attached hydrogens (primary N) is 1. The van der Waals surface area contributed by atoms with Crippen LogP contribution in [0.2, 0.25) is 0 Å². The molecule has 0 radical (unpaired) electrons. The minimum absolute atomic E-state index is 0.249. The van der Waals surface area contributed by atoms with Gasteiger partial charge < -0.3 is 10.5 Å². The molecule has 19 heavy (non-hydrogen) atoms. The Balaban J connectivity index is 1.75. The van der Waals surface area contributed by atoms with Crippen molar-refractivity contribution in [1.29, 1.82) is 0 Å².